The number of hydrogen-bond acceptors (Lipinski definition) is 4. The molecular formula is C11H6ClNO4S. The zero-order chi connectivity index (χ0) is 12.9. The van der Waals surface area contributed by atoms with Crippen molar-refractivity contribution in [2.24, 2.45) is 0 Å². The molecule has 92 valence electrons. The number of hydrogen-bond donors (Lipinski definition) is 1. The Balaban J connectivity index is 2.32. The Kier molecular flexibility index (Phi) is 2.26. The summed E-state index contributed by atoms with van der Waals surface area (Å²) in [4.78, 5) is 11.6. The van der Waals surface area contributed by atoms with E-state index in [0.717, 1.165) is 0 Å². The third kappa shape index (κ3) is 1.70. The van der Waals surface area contributed by atoms with Gasteiger partial charge in [0.2, 0.25) is 0 Å². The Morgan fingerprint density at radius 3 is 2.67 bits per heavy atom. The average molecular weight is 284 g/mol. The van der Waals surface area contributed by atoms with Crippen molar-refractivity contribution in [3.05, 3.63) is 35.9 Å². The molecule has 0 aliphatic carbocycles. The summed E-state index contributed by atoms with van der Waals surface area (Å²) in [6, 6.07) is 8.01. The first-order valence-corrected chi connectivity index (χ1v) is 7.20. The van der Waals surface area contributed by atoms with Gasteiger partial charge < -0.3 is 9.50 Å². The molecule has 2 aromatic carbocycles. The summed E-state index contributed by atoms with van der Waals surface area (Å²) in [5, 5.41) is 3.84. The van der Waals surface area contributed by atoms with E-state index in [9.17, 15) is 13.2 Å². The number of carbonyl (C=O) groups excluding carboxylic acids is 1. The fourth-order valence-corrected chi connectivity index (χ4v) is 2.61. The highest BCUT2D eigenvalue weighted by molar-refractivity contribution is 8.10. The number of carbonyl (C=O) groups is 1. The van der Waals surface area contributed by atoms with Crippen LogP contribution >= 0.6 is 10.7 Å². The lowest BCUT2D eigenvalue weighted by Crippen LogP contribution is -2.04. The van der Waals surface area contributed by atoms with Crippen molar-refractivity contribution in [3.8, 4) is 5.75 Å². The van der Waals surface area contributed by atoms with Gasteiger partial charge in [-0.15, -0.1) is 0 Å². The summed E-state index contributed by atoms with van der Waals surface area (Å²) < 4.78 is 26.6. The van der Waals surface area contributed by atoms with Crippen molar-refractivity contribution in [1.29, 1.82) is 0 Å². The average Bonchev–Trinajstić information content (AvgIpc) is 2.59. The van der Waals surface area contributed by atoms with Crippen LogP contribution in [0, 0.1) is 0 Å². The molecule has 0 saturated heterocycles. The summed E-state index contributed by atoms with van der Waals surface area (Å²) in [6.07, 6.45) is 0. The largest absolute Gasteiger partial charge is 0.401 e. The highest BCUT2D eigenvalue weighted by Gasteiger charge is 2.23. The number of anilines is 1. The minimum absolute atomic E-state index is 0.0992. The van der Waals surface area contributed by atoms with Gasteiger partial charge in [-0.3, -0.25) is 4.79 Å². The van der Waals surface area contributed by atoms with E-state index >= 15 is 0 Å². The van der Waals surface area contributed by atoms with Crippen LogP contribution in [0.5, 0.6) is 5.75 Å². The zero-order valence-electron chi connectivity index (χ0n) is 8.81. The standard InChI is InChI=1S/C11H6ClNO4S/c12-18(15,16)17-9-5-4-7-10-6(9)2-1-3-8(10)13-11(7)14/h1-5H,(H,13,14). The van der Waals surface area contributed by atoms with Crippen molar-refractivity contribution in [2.75, 3.05) is 5.32 Å². The minimum Gasteiger partial charge on any atom is -0.370 e. The van der Waals surface area contributed by atoms with Crippen LogP contribution in [0.2, 0.25) is 0 Å². The SMILES string of the molecule is O=C1Nc2cccc3c(OS(=O)(=O)Cl)ccc1c23. The van der Waals surface area contributed by atoms with E-state index in [-0.39, 0.29) is 11.7 Å². The maximum absolute atomic E-state index is 11.6. The summed E-state index contributed by atoms with van der Waals surface area (Å²) in [5.74, 6) is -0.122. The van der Waals surface area contributed by atoms with Gasteiger partial charge in [-0.05, 0) is 18.2 Å². The monoisotopic (exact) mass is 283 g/mol. The number of benzene rings is 2. The second kappa shape index (κ2) is 3.60. The van der Waals surface area contributed by atoms with Gasteiger partial charge in [-0.1, -0.05) is 12.1 Å². The van der Waals surface area contributed by atoms with Crippen LogP contribution in [0.1, 0.15) is 10.4 Å². The first kappa shape index (κ1) is 11.3. The third-order valence-electron chi connectivity index (χ3n) is 2.68. The first-order valence-electron chi connectivity index (χ1n) is 4.97. The van der Waals surface area contributed by atoms with E-state index in [2.05, 4.69) is 9.50 Å². The molecule has 1 heterocycles. The Labute approximate surface area is 107 Å². The molecular weight excluding hydrogens is 278 g/mol. The second-order valence-electron chi connectivity index (χ2n) is 3.77. The molecule has 7 heteroatoms. The number of rotatable bonds is 2. The molecule has 3 rings (SSSR count). The van der Waals surface area contributed by atoms with E-state index in [0.29, 0.717) is 22.0 Å². The normalized spacial score (nSPS) is 13.7. The first-order chi connectivity index (χ1) is 8.46. The van der Waals surface area contributed by atoms with Crippen LogP contribution in [0.25, 0.3) is 10.8 Å². The molecule has 0 aromatic heterocycles. The van der Waals surface area contributed by atoms with Gasteiger partial charge >= 0.3 is 9.33 Å². The summed E-state index contributed by atoms with van der Waals surface area (Å²) in [7, 11) is 0.939. The maximum Gasteiger partial charge on any atom is 0.401 e. The molecule has 1 aliphatic rings. The highest BCUT2D eigenvalue weighted by Crippen LogP contribution is 2.38. The van der Waals surface area contributed by atoms with E-state index in [4.69, 9.17) is 10.7 Å². The minimum atomic E-state index is -4.12. The van der Waals surface area contributed by atoms with Crippen molar-refractivity contribution >= 4 is 42.4 Å². The van der Waals surface area contributed by atoms with Gasteiger partial charge in [0.15, 0.2) is 5.75 Å². The molecule has 1 amide bonds. The molecule has 18 heavy (non-hydrogen) atoms. The fourth-order valence-electron chi connectivity index (χ4n) is 2.04. The summed E-state index contributed by atoms with van der Waals surface area (Å²) in [6.45, 7) is 0. The number of nitrogens with one attached hydrogen (secondary N) is 1. The van der Waals surface area contributed by atoms with Crippen molar-refractivity contribution in [2.45, 2.75) is 0 Å². The van der Waals surface area contributed by atoms with E-state index in [1.54, 1.807) is 18.2 Å². The molecule has 2 aromatic rings. The van der Waals surface area contributed by atoms with Gasteiger partial charge in [0.05, 0.1) is 10.7 Å². The Bertz CT molecular complexity index is 785. The van der Waals surface area contributed by atoms with Crippen molar-refractivity contribution < 1.29 is 17.4 Å². The smallest absolute Gasteiger partial charge is 0.370 e. The van der Waals surface area contributed by atoms with Gasteiger partial charge in [-0.25, -0.2) is 0 Å². The van der Waals surface area contributed by atoms with Gasteiger partial charge in [0.1, 0.15) is 0 Å². The summed E-state index contributed by atoms with van der Waals surface area (Å²) in [5.41, 5.74) is 1.12. The molecule has 0 saturated carbocycles. The van der Waals surface area contributed by atoms with Crippen molar-refractivity contribution in [3.63, 3.8) is 0 Å². The molecule has 5 nitrogen and oxygen atoms in total. The molecule has 0 unspecified atom stereocenters. The second-order valence-corrected chi connectivity index (χ2v) is 5.86. The van der Waals surface area contributed by atoms with Crippen LogP contribution in [0.15, 0.2) is 30.3 Å². The van der Waals surface area contributed by atoms with Crippen LogP contribution in [-0.4, -0.2) is 14.3 Å². The molecule has 0 atom stereocenters. The lowest BCUT2D eigenvalue weighted by molar-refractivity contribution is 0.103. The fraction of sp³-hybridized carbons (Fsp3) is 0. The van der Waals surface area contributed by atoms with E-state index in [1.165, 1.54) is 12.1 Å². The van der Waals surface area contributed by atoms with E-state index < -0.39 is 9.33 Å². The van der Waals surface area contributed by atoms with Gasteiger partial charge in [0, 0.05) is 22.0 Å². The highest BCUT2D eigenvalue weighted by atomic mass is 35.7. The third-order valence-corrected chi connectivity index (χ3v) is 3.25. The topological polar surface area (TPSA) is 72.5 Å². The van der Waals surface area contributed by atoms with Crippen molar-refractivity contribution in [1.82, 2.24) is 0 Å². The quantitative estimate of drug-likeness (QED) is 0.858. The van der Waals surface area contributed by atoms with Crippen LogP contribution in [-0.2, 0) is 9.33 Å². The van der Waals surface area contributed by atoms with Gasteiger partial charge in [0.25, 0.3) is 5.91 Å². The lowest BCUT2D eigenvalue weighted by Gasteiger charge is -2.06. The Morgan fingerprint density at radius 2 is 1.94 bits per heavy atom. The van der Waals surface area contributed by atoms with Crippen LogP contribution in [0.3, 0.4) is 0 Å². The molecule has 0 radical (unpaired) electrons. The van der Waals surface area contributed by atoms with Gasteiger partial charge in [-0.2, -0.15) is 8.42 Å². The lowest BCUT2D eigenvalue weighted by atomic mass is 10.0. The zero-order valence-corrected chi connectivity index (χ0v) is 10.4. The maximum atomic E-state index is 11.6. The molecule has 0 bridgehead atoms. The predicted octanol–water partition coefficient (Wildman–Crippen LogP) is 2.27. The molecule has 0 fully saturated rings. The summed E-state index contributed by atoms with van der Waals surface area (Å²) >= 11 is 0. The molecule has 1 N–H and O–H groups in total. The Hall–Kier alpha value is -1.79. The van der Waals surface area contributed by atoms with E-state index in [1.807, 2.05) is 0 Å². The number of halogens is 1. The molecule has 1 aliphatic heterocycles. The van der Waals surface area contributed by atoms with Crippen LogP contribution < -0.4 is 9.50 Å². The molecule has 0 spiro atoms. The predicted molar refractivity (Wildman–Crippen MR) is 67.3 cm³/mol. The number of amides is 1. The van der Waals surface area contributed by atoms with Crippen LogP contribution in [0.4, 0.5) is 5.69 Å². The Morgan fingerprint density at radius 1 is 1.17 bits per heavy atom.